The van der Waals surface area contributed by atoms with E-state index < -0.39 is 46.0 Å². The summed E-state index contributed by atoms with van der Waals surface area (Å²) in [6, 6.07) is 0. The Labute approximate surface area is 203 Å². The number of carbonyl (C=O) groups excluding carboxylic acids is 3. The van der Waals surface area contributed by atoms with E-state index in [9.17, 15) is 34.7 Å². The van der Waals surface area contributed by atoms with Crippen LogP contribution in [0.5, 0.6) is 0 Å². The van der Waals surface area contributed by atoms with Gasteiger partial charge in [0.25, 0.3) is 5.09 Å². The molecule has 0 saturated heterocycles. The van der Waals surface area contributed by atoms with Gasteiger partial charge in [0.15, 0.2) is 12.4 Å². The van der Waals surface area contributed by atoms with Gasteiger partial charge < -0.3 is 19.8 Å². The lowest BCUT2D eigenvalue weighted by atomic mass is 9.46. The molecular formula is C25H33NO9. The minimum absolute atomic E-state index is 0.00392. The molecule has 35 heavy (non-hydrogen) atoms. The molecule has 0 aliphatic heterocycles. The van der Waals surface area contributed by atoms with Crippen molar-refractivity contribution in [2.45, 2.75) is 70.5 Å². The van der Waals surface area contributed by atoms with Crippen molar-refractivity contribution >= 4 is 17.5 Å². The summed E-state index contributed by atoms with van der Waals surface area (Å²) in [5.74, 6) is -1.35. The van der Waals surface area contributed by atoms with Crippen LogP contribution in [0.1, 0.15) is 58.8 Å². The van der Waals surface area contributed by atoms with Crippen molar-refractivity contribution in [1.29, 1.82) is 0 Å². The van der Waals surface area contributed by atoms with Crippen LogP contribution in [0.3, 0.4) is 0 Å². The molecule has 0 heterocycles. The monoisotopic (exact) mass is 491 g/mol. The van der Waals surface area contributed by atoms with Crippen molar-refractivity contribution in [2.75, 3.05) is 13.2 Å². The first-order valence-electron chi connectivity index (χ1n) is 12.2. The van der Waals surface area contributed by atoms with Crippen LogP contribution in [-0.2, 0) is 24.0 Å². The first-order valence-corrected chi connectivity index (χ1v) is 12.2. The average Bonchev–Trinajstić information content (AvgIpc) is 3.06. The number of nitrogens with zero attached hydrogens (tertiary/aromatic N) is 1. The van der Waals surface area contributed by atoms with Crippen molar-refractivity contribution in [1.82, 2.24) is 0 Å². The molecule has 3 unspecified atom stereocenters. The van der Waals surface area contributed by atoms with Gasteiger partial charge in [0.05, 0.1) is 12.7 Å². The number of Topliss-reactive ketones (excluding diaryl/α,β-unsaturated/α-hetero) is 1. The molecular weight excluding hydrogens is 458 g/mol. The van der Waals surface area contributed by atoms with E-state index in [1.165, 1.54) is 0 Å². The Hall–Kier alpha value is -2.59. The molecule has 7 atom stereocenters. The van der Waals surface area contributed by atoms with Crippen LogP contribution in [0.4, 0.5) is 0 Å². The Bertz CT molecular complexity index is 989. The Balaban J connectivity index is 1.45. The second-order valence-electron chi connectivity index (χ2n) is 10.9. The number of allylic oxidation sites excluding steroid dienone is 4. The number of aliphatic hydroxyl groups is 2. The molecule has 10 heteroatoms. The number of ether oxygens (including phenoxy) is 1. The quantitative estimate of drug-likeness (QED) is 0.225. The normalized spacial score (nSPS) is 39.7. The minimum atomic E-state index is -1.73. The molecule has 10 nitrogen and oxygen atoms in total. The number of carbonyl (C=O) groups is 3. The summed E-state index contributed by atoms with van der Waals surface area (Å²) in [6.07, 6.45) is 6.91. The molecule has 0 aromatic carbocycles. The zero-order valence-corrected chi connectivity index (χ0v) is 20.1. The zero-order valence-electron chi connectivity index (χ0n) is 20.1. The summed E-state index contributed by atoms with van der Waals surface area (Å²) in [6.45, 7) is 3.08. The molecule has 3 fully saturated rings. The number of fused-ring (bicyclic) bond motifs is 5. The van der Waals surface area contributed by atoms with E-state index in [2.05, 4.69) is 11.8 Å². The van der Waals surface area contributed by atoms with E-state index in [1.54, 1.807) is 12.2 Å². The Kier molecular flexibility index (Phi) is 6.65. The molecule has 0 amide bonds. The van der Waals surface area contributed by atoms with Crippen molar-refractivity contribution in [3.8, 4) is 0 Å². The number of hydrogen-bond donors (Lipinski definition) is 2. The van der Waals surface area contributed by atoms with Crippen LogP contribution in [-0.4, -0.2) is 57.8 Å². The number of esters is 1. The third-order valence-electron chi connectivity index (χ3n) is 9.20. The highest BCUT2D eigenvalue weighted by Crippen LogP contribution is 2.67. The maximum Gasteiger partial charge on any atom is 0.306 e. The Morgan fingerprint density at radius 3 is 2.74 bits per heavy atom. The van der Waals surface area contributed by atoms with E-state index in [0.29, 0.717) is 6.42 Å². The number of rotatable bonds is 8. The number of ketones is 2. The van der Waals surface area contributed by atoms with E-state index in [-0.39, 0.29) is 55.8 Å². The van der Waals surface area contributed by atoms with Crippen molar-refractivity contribution in [2.24, 2.45) is 28.6 Å². The first-order chi connectivity index (χ1) is 16.4. The largest absolute Gasteiger partial charge is 0.458 e. The number of hydrogen-bond acceptors (Lipinski definition) is 9. The van der Waals surface area contributed by atoms with Gasteiger partial charge in [0.1, 0.15) is 5.60 Å². The van der Waals surface area contributed by atoms with Crippen molar-refractivity contribution < 1.29 is 39.3 Å². The predicted molar refractivity (Wildman–Crippen MR) is 121 cm³/mol. The van der Waals surface area contributed by atoms with Crippen LogP contribution in [0, 0.1) is 38.7 Å². The Morgan fingerprint density at radius 1 is 1.29 bits per heavy atom. The van der Waals surface area contributed by atoms with Gasteiger partial charge in [-0.15, -0.1) is 10.1 Å². The minimum Gasteiger partial charge on any atom is -0.458 e. The smallest absolute Gasteiger partial charge is 0.306 e. The molecule has 0 aromatic heterocycles. The fourth-order valence-corrected chi connectivity index (χ4v) is 7.48. The van der Waals surface area contributed by atoms with E-state index in [1.807, 2.05) is 13.0 Å². The zero-order chi connectivity index (χ0) is 25.6. The summed E-state index contributed by atoms with van der Waals surface area (Å²) in [4.78, 5) is 51.4. The first kappa shape index (κ1) is 25.5. The number of aliphatic hydroxyl groups excluding tert-OH is 1. The lowest BCUT2D eigenvalue weighted by Gasteiger charge is -2.59. The van der Waals surface area contributed by atoms with E-state index in [4.69, 9.17) is 4.74 Å². The van der Waals surface area contributed by atoms with Crippen LogP contribution in [0.15, 0.2) is 23.8 Å². The lowest BCUT2D eigenvalue weighted by molar-refractivity contribution is -0.757. The standard InChI is InChI=1S/C25H33NO9/c1-23-9-7-16(27)12-15(23)5-6-17-18-8-10-25(31,24(18,2)13-19(28)22(17)23)20(29)14-34-21(30)4-3-11-35-26(32)33/h7,9,12,17-19,22,28,31H,3-6,8,10-11,13-14H2,1-2H3/t17?,18?,19-,22?,23-,24-,25-/m0/s1. The van der Waals surface area contributed by atoms with E-state index in [0.717, 1.165) is 18.4 Å². The summed E-state index contributed by atoms with van der Waals surface area (Å²) < 4.78 is 5.06. The SMILES string of the molecule is C[C@]12C=CC(=O)C=C1CCC1C2[C@@H](O)C[C@@]2(C)C1CC[C@]2(O)C(=O)COC(=O)CCCO[N+](=O)[O-]. The van der Waals surface area contributed by atoms with Crippen LogP contribution >= 0.6 is 0 Å². The molecule has 2 N–H and O–H groups in total. The molecule has 0 aromatic rings. The summed E-state index contributed by atoms with van der Waals surface area (Å²) in [5, 5.41) is 32.2. The van der Waals surface area contributed by atoms with Gasteiger partial charge in [-0.1, -0.05) is 25.5 Å². The maximum absolute atomic E-state index is 13.2. The van der Waals surface area contributed by atoms with Crippen molar-refractivity contribution in [3.05, 3.63) is 33.9 Å². The molecule has 4 aliphatic carbocycles. The summed E-state index contributed by atoms with van der Waals surface area (Å²) >= 11 is 0. The molecule has 3 saturated carbocycles. The van der Waals surface area contributed by atoms with Crippen molar-refractivity contribution in [3.63, 3.8) is 0 Å². The third kappa shape index (κ3) is 4.20. The summed E-state index contributed by atoms with van der Waals surface area (Å²) in [5.41, 5.74) is -2.00. The van der Waals surface area contributed by atoms with E-state index >= 15 is 0 Å². The third-order valence-corrected chi connectivity index (χ3v) is 9.20. The second-order valence-corrected chi connectivity index (χ2v) is 10.9. The van der Waals surface area contributed by atoms with Gasteiger partial charge >= 0.3 is 5.97 Å². The topological polar surface area (TPSA) is 153 Å². The van der Waals surface area contributed by atoms with Gasteiger partial charge in [0, 0.05) is 23.2 Å². The highest BCUT2D eigenvalue weighted by molar-refractivity contribution is 6.01. The van der Waals surface area contributed by atoms with Gasteiger partial charge in [-0.25, -0.2) is 0 Å². The van der Waals surface area contributed by atoms with Crippen LogP contribution in [0.25, 0.3) is 0 Å². The highest BCUT2D eigenvalue weighted by Gasteiger charge is 2.68. The predicted octanol–water partition coefficient (Wildman–Crippen LogP) is 2.10. The van der Waals surface area contributed by atoms with Crippen LogP contribution < -0.4 is 0 Å². The van der Waals surface area contributed by atoms with Gasteiger partial charge in [0.2, 0.25) is 5.78 Å². The van der Waals surface area contributed by atoms with Gasteiger partial charge in [-0.3, -0.25) is 14.4 Å². The average molecular weight is 492 g/mol. The van der Waals surface area contributed by atoms with Gasteiger partial charge in [-0.2, -0.15) is 0 Å². The highest BCUT2D eigenvalue weighted by atomic mass is 16.9. The molecule has 4 rings (SSSR count). The maximum atomic E-state index is 13.2. The van der Waals surface area contributed by atoms with Gasteiger partial charge in [-0.05, 0) is 62.5 Å². The molecule has 192 valence electrons. The molecule has 0 bridgehead atoms. The molecule has 4 aliphatic rings. The van der Waals surface area contributed by atoms with Crippen LogP contribution in [0.2, 0.25) is 0 Å². The molecule has 0 radical (unpaired) electrons. The summed E-state index contributed by atoms with van der Waals surface area (Å²) in [7, 11) is 0. The fourth-order valence-electron chi connectivity index (χ4n) is 7.48. The molecule has 0 spiro atoms. The Morgan fingerprint density at radius 2 is 2.03 bits per heavy atom. The fraction of sp³-hybridized carbons (Fsp3) is 0.720. The second kappa shape index (κ2) is 9.13. The lowest BCUT2D eigenvalue weighted by Crippen LogP contribution is -2.61.